The minimum atomic E-state index is -0.175. The first-order valence-electron chi connectivity index (χ1n) is 9.81. The van der Waals surface area contributed by atoms with Crippen LogP contribution in [0.25, 0.3) is 0 Å². The second kappa shape index (κ2) is 10.4. The molecule has 0 spiro atoms. The van der Waals surface area contributed by atoms with Crippen molar-refractivity contribution in [3.8, 4) is 0 Å². The van der Waals surface area contributed by atoms with E-state index in [0.29, 0.717) is 0 Å². The molecule has 30 heavy (non-hydrogen) atoms. The Labute approximate surface area is 213 Å². The van der Waals surface area contributed by atoms with Crippen LogP contribution < -0.4 is 37.2 Å². The van der Waals surface area contributed by atoms with Crippen molar-refractivity contribution in [3.05, 3.63) is 95.6 Å². The van der Waals surface area contributed by atoms with E-state index >= 15 is 0 Å². The Bertz CT molecular complexity index is 819. The molecule has 0 fully saturated rings. The van der Waals surface area contributed by atoms with E-state index in [2.05, 4.69) is 141 Å². The summed E-state index contributed by atoms with van der Waals surface area (Å²) in [7, 11) is 0. The van der Waals surface area contributed by atoms with E-state index in [1.165, 1.54) is 16.7 Å². The van der Waals surface area contributed by atoms with Crippen molar-refractivity contribution in [2.75, 3.05) is 0 Å². The molecule has 0 aromatic heterocycles. The molecule has 0 radical (unpaired) electrons. The molecule has 1 unspecified atom stereocenters. The molecule has 0 N–H and O–H groups in total. The van der Waals surface area contributed by atoms with Gasteiger partial charge in [-0.15, -0.1) is 0 Å². The second-order valence-electron chi connectivity index (χ2n) is 9.78. The quantitative estimate of drug-likeness (QED) is 0.443. The molecule has 2 aromatic carbocycles. The first kappa shape index (κ1) is 29.5. The van der Waals surface area contributed by atoms with Crippen molar-refractivity contribution in [1.29, 1.82) is 0 Å². The maximum absolute atomic E-state index is 2.53. The van der Waals surface area contributed by atoms with Crippen molar-refractivity contribution >= 4 is 0 Å². The summed E-state index contributed by atoms with van der Waals surface area (Å²) >= 11 is 2.41. The Morgan fingerprint density at radius 2 is 1.07 bits per heavy atom. The Kier molecular flexibility index (Phi) is 10.2. The van der Waals surface area contributed by atoms with Crippen molar-refractivity contribution < 1.29 is 57.7 Å². The molecule has 0 nitrogen and oxygen atoms in total. The van der Waals surface area contributed by atoms with Gasteiger partial charge in [-0.2, -0.15) is 0 Å². The maximum atomic E-state index is 2.53. The summed E-state index contributed by atoms with van der Waals surface area (Å²) in [4.78, 5) is 0. The molecule has 160 valence electrons. The van der Waals surface area contributed by atoms with E-state index in [0.717, 1.165) is 0 Å². The van der Waals surface area contributed by atoms with Crippen molar-refractivity contribution in [2.45, 2.75) is 50.7 Å². The van der Waals surface area contributed by atoms with E-state index in [1.54, 1.807) is 0 Å². The molecule has 0 heterocycles. The molecule has 3 rings (SSSR count). The summed E-state index contributed by atoms with van der Waals surface area (Å²) in [6.07, 6.45) is 7.32. The first-order valence-corrected chi connectivity index (χ1v) is 10.6. The molecule has 1 aliphatic rings. The molecular formula is C26H31Cl3Ti. The van der Waals surface area contributed by atoms with Gasteiger partial charge in [0.2, 0.25) is 0 Å². The third-order valence-corrected chi connectivity index (χ3v) is 7.01. The van der Waals surface area contributed by atoms with Crippen molar-refractivity contribution in [2.24, 2.45) is 10.8 Å². The van der Waals surface area contributed by atoms with Gasteiger partial charge in [0.1, 0.15) is 0 Å². The van der Waals surface area contributed by atoms with Crippen LogP contribution in [0.5, 0.6) is 0 Å². The van der Waals surface area contributed by atoms with Crippen LogP contribution in [0, 0.1) is 10.8 Å². The van der Waals surface area contributed by atoms with Crippen molar-refractivity contribution in [1.82, 2.24) is 0 Å². The third-order valence-electron chi connectivity index (χ3n) is 5.93. The number of halogens is 3. The van der Waals surface area contributed by atoms with Gasteiger partial charge in [0.15, 0.2) is 0 Å². The molecule has 0 bridgehead atoms. The van der Waals surface area contributed by atoms with Gasteiger partial charge in [-0.25, -0.2) is 0 Å². The van der Waals surface area contributed by atoms with Crippen LogP contribution >= 0.6 is 0 Å². The molecule has 1 atom stereocenters. The van der Waals surface area contributed by atoms with E-state index in [-0.39, 0.29) is 57.2 Å². The number of hydrogen-bond donors (Lipinski definition) is 0. The van der Waals surface area contributed by atoms with Crippen LogP contribution in [-0.2, 0) is 25.9 Å². The number of benzene rings is 2. The van der Waals surface area contributed by atoms with E-state index < -0.39 is 0 Å². The molecule has 0 amide bonds. The number of hydrogen-bond acceptors (Lipinski definition) is 0. The fourth-order valence-electron chi connectivity index (χ4n) is 4.77. The fraction of sp³-hybridized carbons (Fsp3) is 0.385. The summed E-state index contributed by atoms with van der Waals surface area (Å²) in [5.41, 5.74) is 4.16. The molecule has 4 heteroatoms. The van der Waals surface area contributed by atoms with Crippen LogP contribution in [0.15, 0.2) is 84.5 Å². The normalized spacial score (nSPS) is 18.6. The predicted octanol–water partition coefficient (Wildman–Crippen LogP) is -1.72. The van der Waals surface area contributed by atoms with Crippen molar-refractivity contribution in [3.63, 3.8) is 0 Å². The van der Waals surface area contributed by atoms with Crippen LogP contribution in [-0.4, -0.2) is 0 Å². The van der Waals surface area contributed by atoms with E-state index in [4.69, 9.17) is 0 Å². The molecule has 0 aliphatic heterocycles. The summed E-state index contributed by atoms with van der Waals surface area (Å²) in [6.45, 7) is 14.1. The number of allylic oxidation sites excluding steroid dienone is 4. The maximum Gasteiger partial charge on any atom is -1.00 e. The molecular weight excluding hydrogens is 467 g/mol. The fourth-order valence-corrected chi connectivity index (χ4v) is 6.18. The summed E-state index contributed by atoms with van der Waals surface area (Å²) in [5, 5.41) is 0. The largest absolute Gasteiger partial charge is 1.00 e. The van der Waals surface area contributed by atoms with Crippen LogP contribution in [0.4, 0.5) is 0 Å². The van der Waals surface area contributed by atoms with Gasteiger partial charge in [0.25, 0.3) is 0 Å². The van der Waals surface area contributed by atoms with Gasteiger partial charge < -0.3 is 37.2 Å². The average molecular weight is 498 g/mol. The molecule has 0 saturated carbocycles. The Hall–Kier alpha value is -0.496. The van der Waals surface area contributed by atoms with Crippen LogP contribution in [0.3, 0.4) is 0 Å². The SMILES string of the molecule is CC(C)(C)C1=C[C]([Ti+3])(C(c2ccccc2)(c2ccccc2)C(C)(C)C)C=C1.[Cl-].[Cl-].[Cl-]. The van der Waals surface area contributed by atoms with Crippen LogP contribution in [0.2, 0.25) is 3.72 Å². The minimum absolute atomic E-state index is 0. The predicted molar refractivity (Wildman–Crippen MR) is 112 cm³/mol. The van der Waals surface area contributed by atoms with E-state index in [1.807, 2.05) is 0 Å². The number of rotatable bonds is 3. The topological polar surface area (TPSA) is 0 Å². The first-order chi connectivity index (χ1) is 12.5. The molecule has 0 saturated heterocycles. The van der Waals surface area contributed by atoms with Gasteiger partial charge >= 0.3 is 178 Å². The standard InChI is InChI=1S/C26H31.3ClH.Ti/c1-24(2,3)22-17-18-23(19-22)26(25(4,5)6,20-13-9-7-10-14-20)21-15-11-8-12-16-21;;;;/h7-19H,1-6H3;3*1H;/q;;;;+3/p-3. The summed E-state index contributed by atoms with van der Waals surface area (Å²) in [5.74, 6) is 0. The summed E-state index contributed by atoms with van der Waals surface area (Å²) in [6, 6.07) is 22.2. The minimum Gasteiger partial charge on any atom is -1.00 e. The van der Waals surface area contributed by atoms with Crippen LogP contribution in [0.1, 0.15) is 52.7 Å². The Balaban J connectivity index is 0.00000280. The Morgan fingerprint density at radius 1 is 0.667 bits per heavy atom. The summed E-state index contributed by atoms with van der Waals surface area (Å²) < 4.78 is -0.115. The van der Waals surface area contributed by atoms with Gasteiger partial charge in [0, 0.05) is 0 Å². The molecule has 2 aromatic rings. The Morgan fingerprint density at radius 3 is 1.37 bits per heavy atom. The zero-order chi connectivity index (χ0) is 19.9. The third kappa shape index (κ3) is 4.95. The monoisotopic (exact) mass is 496 g/mol. The van der Waals surface area contributed by atoms with Gasteiger partial charge in [-0.05, 0) is 0 Å². The van der Waals surface area contributed by atoms with Gasteiger partial charge in [-0.3, -0.25) is 0 Å². The van der Waals surface area contributed by atoms with E-state index in [9.17, 15) is 0 Å². The average Bonchev–Trinajstić information content (AvgIpc) is 3.00. The second-order valence-corrected chi connectivity index (χ2v) is 11.1. The smallest absolute Gasteiger partial charge is 1.00 e. The van der Waals surface area contributed by atoms with Gasteiger partial charge in [0.05, 0.1) is 0 Å². The zero-order valence-corrected chi connectivity index (χ0v) is 22.5. The zero-order valence-electron chi connectivity index (χ0n) is 18.6. The molecule has 1 aliphatic carbocycles. The van der Waals surface area contributed by atoms with Gasteiger partial charge in [-0.1, -0.05) is 0 Å².